The summed E-state index contributed by atoms with van der Waals surface area (Å²) in [5, 5.41) is 0. The molecule has 0 spiro atoms. The summed E-state index contributed by atoms with van der Waals surface area (Å²) in [7, 11) is -6.09. The van der Waals surface area contributed by atoms with Crippen LogP contribution in [0.15, 0.2) is 0 Å². The molecule has 0 amide bonds. The van der Waals surface area contributed by atoms with Crippen molar-refractivity contribution >= 4 is 10.1 Å². The third kappa shape index (κ3) is 3.92. The van der Waals surface area contributed by atoms with Crippen molar-refractivity contribution in [2.24, 2.45) is 0 Å². The van der Waals surface area contributed by atoms with Gasteiger partial charge in [-0.2, -0.15) is 13.2 Å². The SMILES string of the molecule is O=S(=O)([O-])C(F)(F)F.[IH2+]. The Morgan fingerprint density at radius 3 is 1.33 bits per heavy atom. The number of hydrogen-bond acceptors (Lipinski definition) is 3. The molecule has 0 bridgehead atoms. The van der Waals surface area contributed by atoms with Gasteiger partial charge in [-0.15, -0.1) is 0 Å². The Labute approximate surface area is 66.0 Å². The zero-order valence-electron chi connectivity index (χ0n) is 3.71. The maximum absolute atomic E-state index is 10.7. The topological polar surface area (TPSA) is 57.2 Å². The summed E-state index contributed by atoms with van der Waals surface area (Å²) in [4.78, 5) is 0. The molecule has 0 aliphatic heterocycles. The molecular formula is CH2F3IO3S. The third-order valence-electron chi connectivity index (χ3n) is 0.283. The summed E-state index contributed by atoms with van der Waals surface area (Å²) in [6, 6.07) is 0. The summed E-state index contributed by atoms with van der Waals surface area (Å²) >= 11 is 0. The molecule has 0 aromatic rings. The first-order chi connectivity index (χ1) is 3.25. The fourth-order valence-corrected chi connectivity index (χ4v) is 0. The number of hydrogen-bond donors (Lipinski definition) is 0. The van der Waals surface area contributed by atoms with Crippen LogP contribution in [-0.2, 0) is 10.1 Å². The number of alkyl halides is 3. The van der Waals surface area contributed by atoms with Crippen LogP contribution in [0.3, 0.4) is 0 Å². The van der Waals surface area contributed by atoms with Crippen LogP contribution in [0.4, 0.5) is 13.2 Å². The Kier molecular flexibility index (Phi) is 4.06. The lowest BCUT2D eigenvalue weighted by atomic mass is 11.6. The van der Waals surface area contributed by atoms with Crippen molar-refractivity contribution < 1.29 is 50.1 Å². The van der Waals surface area contributed by atoms with Crippen molar-refractivity contribution in [1.29, 1.82) is 0 Å². The first-order valence-electron chi connectivity index (χ1n) is 1.27. The second-order valence-corrected chi connectivity index (χ2v) is 2.27. The predicted molar refractivity (Wildman–Crippen MR) is 18.5 cm³/mol. The van der Waals surface area contributed by atoms with E-state index in [2.05, 4.69) is 0 Å². The summed E-state index contributed by atoms with van der Waals surface area (Å²) < 4.78 is 58.9. The summed E-state index contributed by atoms with van der Waals surface area (Å²) in [6.45, 7) is 0. The maximum Gasteiger partial charge on any atom is 0.485 e. The Morgan fingerprint density at radius 1 is 1.22 bits per heavy atom. The van der Waals surface area contributed by atoms with E-state index in [1.807, 2.05) is 0 Å². The van der Waals surface area contributed by atoms with Crippen molar-refractivity contribution in [3.05, 3.63) is 0 Å². The minimum absolute atomic E-state index is 0. The molecule has 0 radical (unpaired) electrons. The Hall–Kier alpha value is 0.430. The molecule has 9 heavy (non-hydrogen) atoms. The van der Waals surface area contributed by atoms with Crippen molar-refractivity contribution in [3.8, 4) is 0 Å². The number of rotatable bonds is 0. The van der Waals surface area contributed by atoms with Crippen molar-refractivity contribution in [2.45, 2.75) is 5.51 Å². The molecule has 0 aromatic heterocycles. The Bertz CT molecular complexity index is 168. The first-order valence-corrected chi connectivity index (χ1v) is 2.68. The van der Waals surface area contributed by atoms with Crippen LogP contribution in [0.2, 0.25) is 0 Å². The van der Waals surface area contributed by atoms with Crippen molar-refractivity contribution in [2.75, 3.05) is 0 Å². The second kappa shape index (κ2) is 3.01. The largest absolute Gasteiger partial charge is 0.741 e. The standard InChI is InChI=1S/CHF3O3S.H2I/c2-1(3,4)8(5,6)7;/h(H,5,6,7);1H2/q;+1/p-1. The fraction of sp³-hybridized carbons (Fsp3) is 1.00. The van der Waals surface area contributed by atoms with Gasteiger partial charge in [0.2, 0.25) is 24.0 Å². The fourth-order valence-electron chi connectivity index (χ4n) is 0. The average Bonchev–Trinajstić information content (AvgIpc) is 1.25. The van der Waals surface area contributed by atoms with Gasteiger partial charge >= 0.3 is 5.51 Å². The maximum atomic E-state index is 10.7. The normalized spacial score (nSPS) is 12.4. The second-order valence-electron chi connectivity index (χ2n) is 0.900. The Morgan fingerprint density at radius 2 is 1.33 bits per heavy atom. The van der Waals surface area contributed by atoms with E-state index in [-0.39, 0.29) is 24.0 Å². The van der Waals surface area contributed by atoms with Crippen LogP contribution >= 0.6 is 0 Å². The molecule has 8 heteroatoms. The molecule has 0 aromatic carbocycles. The van der Waals surface area contributed by atoms with E-state index in [1.54, 1.807) is 0 Å². The highest BCUT2D eigenvalue weighted by Crippen LogP contribution is 2.20. The van der Waals surface area contributed by atoms with Crippen LogP contribution in [0.25, 0.3) is 0 Å². The van der Waals surface area contributed by atoms with E-state index in [9.17, 15) is 13.2 Å². The van der Waals surface area contributed by atoms with Gasteiger partial charge in [0.15, 0.2) is 10.1 Å². The van der Waals surface area contributed by atoms with Gasteiger partial charge in [-0.25, -0.2) is 8.42 Å². The molecule has 0 atom stereocenters. The minimum Gasteiger partial charge on any atom is -0.741 e. The minimum atomic E-state index is -6.09. The molecule has 0 fully saturated rings. The summed E-state index contributed by atoms with van der Waals surface area (Å²) in [5.41, 5.74) is -5.65. The van der Waals surface area contributed by atoms with Gasteiger partial charge in [0.1, 0.15) is 0 Å². The van der Waals surface area contributed by atoms with Gasteiger partial charge in [-0.05, 0) is 0 Å². The van der Waals surface area contributed by atoms with Crippen LogP contribution in [0, 0.1) is 0 Å². The van der Waals surface area contributed by atoms with E-state index in [4.69, 9.17) is 13.0 Å². The molecule has 0 saturated carbocycles. The van der Waals surface area contributed by atoms with Gasteiger partial charge < -0.3 is 4.55 Å². The molecule has 0 saturated heterocycles. The van der Waals surface area contributed by atoms with Gasteiger partial charge in [0.25, 0.3) is 0 Å². The van der Waals surface area contributed by atoms with E-state index in [0.717, 1.165) is 0 Å². The molecule has 0 aliphatic rings. The van der Waals surface area contributed by atoms with E-state index < -0.39 is 15.6 Å². The van der Waals surface area contributed by atoms with Gasteiger partial charge in [0.05, 0.1) is 0 Å². The highest BCUT2D eigenvalue weighted by atomic mass is 127. The van der Waals surface area contributed by atoms with E-state index in [1.165, 1.54) is 0 Å². The molecule has 0 aliphatic carbocycles. The van der Waals surface area contributed by atoms with Gasteiger partial charge in [-0.3, -0.25) is 0 Å². The third-order valence-corrected chi connectivity index (χ3v) is 0.850. The summed E-state index contributed by atoms with van der Waals surface area (Å²) in [6.07, 6.45) is 0. The quantitative estimate of drug-likeness (QED) is 0.263. The molecule has 58 valence electrons. The van der Waals surface area contributed by atoms with Crippen LogP contribution in [-0.4, -0.2) is 18.5 Å². The van der Waals surface area contributed by atoms with Gasteiger partial charge in [0, 0.05) is 0 Å². The van der Waals surface area contributed by atoms with E-state index >= 15 is 0 Å². The molecule has 0 rings (SSSR count). The molecule has 0 unspecified atom stereocenters. The van der Waals surface area contributed by atoms with Crippen molar-refractivity contribution in [1.82, 2.24) is 0 Å². The molecule has 0 N–H and O–H groups in total. The smallest absolute Gasteiger partial charge is 0.485 e. The first kappa shape index (κ1) is 12.1. The highest BCUT2D eigenvalue weighted by molar-refractivity contribution is 7.86. The predicted octanol–water partition coefficient (Wildman–Crippen LogP) is -3.48. The summed E-state index contributed by atoms with van der Waals surface area (Å²) in [5.74, 6) is 0. The number of halogens is 4. The van der Waals surface area contributed by atoms with Crippen LogP contribution < -0.4 is 24.0 Å². The lowest BCUT2D eigenvalue weighted by molar-refractivity contribution is -0.0517. The average molecular weight is 278 g/mol. The van der Waals surface area contributed by atoms with Crippen LogP contribution in [0.5, 0.6) is 0 Å². The highest BCUT2D eigenvalue weighted by Gasteiger charge is 2.36. The lowest BCUT2D eigenvalue weighted by Crippen LogP contribution is -3.00. The molecule has 3 nitrogen and oxygen atoms in total. The Balaban J connectivity index is 0. The lowest BCUT2D eigenvalue weighted by Gasteiger charge is -2.08. The van der Waals surface area contributed by atoms with Crippen molar-refractivity contribution in [3.63, 3.8) is 0 Å². The van der Waals surface area contributed by atoms with Crippen LogP contribution in [0.1, 0.15) is 0 Å². The molecular weight excluding hydrogens is 276 g/mol. The van der Waals surface area contributed by atoms with E-state index in [0.29, 0.717) is 0 Å². The monoisotopic (exact) mass is 278 g/mol. The zero-order valence-corrected chi connectivity index (χ0v) is 7.08. The molecule has 0 heterocycles. The van der Waals surface area contributed by atoms with Gasteiger partial charge in [-0.1, -0.05) is 0 Å². The zero-order chi connectivity index (χ0) is 7.00.